The maximum absolute atomic E-state index is 13.2. The molecule has 7 unspecified atom stereocenters. The zero-order valence-electron chi connectivity index (χ0n) is 20.8. The van der Waals surface area contributed by atoms with Crippen LogP contribution in [0.1, 0.15) is 81.6 Å². The molecule has 34 heavy (non-hydrogen) atoms. The van der Waals surface area contributed by atoms with Crippen molar-refractivity contribution in [3.63, 3.8) is 0 Å². The van der Waals surface area contributed by atoms with E-state index in [1.165, 1.54) is 6.42 Å². The molecule has 1 aromatic carbocycles. The highest BCUT2D eigenvalue weighted by molar-refractivity contribution is 5.94. The van der Waals surface area contributed by atoms with Crippen molar-refractivity contribution < 1.29 is 14.7 Å². The van der Waals surface area contributed by atoms with E-state index in [2.05, 4.69) is 25.2 Å². The van der Waals surface area contributed by atoms with E-state index < -0.39 is 6.10 Å². The average Bonchev–Trinajstić information content (AvgIpc) is 2.85. The molecule has 0 bridgehead atoms. The Bertz CT molecular complexity index is 933. The molecule has 2 saturated carbocycles. The fourth-order valence-electron chi connectivity index (χ4n) is 7.03. The molecule has 4 rings (SSSR count). The number of benzene rings is 1. The zero-order valence-corrected chi connectivity index (χ0v) is 20.8. The number of hydrogen-bond donors (Lipinski definition) is 2. The summed E-state index contributed by atoms with van der Waals surface area (Å²) in [6.07, 6.45) is 6.52. The number of amides is 2. The number of carbonyl (C=O) groups excluding carboxylic acids is 2. The molecule has 6 nitrogen and oxygen atoms in total. The number of piperidine rings is 1. The minimum absolute atomic E-state index is 0.0253. The van der Waals surface area contributed by atoms with Gasteiger partial charge < -0.3 is 15.3 Å². The molecule has 7 atom stereocenters. The summed E-state index contributed by atoms with van der Waals surface area (Å²) in [5.74, 6) is -0.0117. The number of carbonyl (C=O) groups is 2. The van der Waals surface area contributed by atoms with Gasteiger partial charge >= 0.3 is 0 Å². The third-order valence-electron chi connectivity index (χ3n) is 9.18. The first-order valence-electron chi connectivity index (χ1n) is 13.0. The number of nitrogens with one attached hydrogen (secondary N) is 1. The quantitative estimate of drug-likeness (QED) is 0.699. The van der Waals surface area contributed by atoms with Crippen LogP contribution in [0.3, 0.4) is 0 Å². The van der Waals surface area contributed by atoms with Gasteiger partial charge in [0.25, 0.3) is 5.91 Å². The number of nitriles is 1. The first-order chi connectivity index (χ1) is 16.2. The van der Waals surface area contributed by atoms with Crippen LogP contribution in [0.5, 0.6) is 0 Å². The number of rotatable bonds is 4. The monoisotopic (exact) mass is 465 g/mol. The molecule has 184 valence electrons. The van der Waals surface area contributed by atoms with Crippen LogP contribution in [-0.2, 0) is 4.79 Å². The maximum atomic E-state index is 13.2. The van der Waals surface area contributed by atoms with Crippen molar-refractivity contribution >= 4 is 11.8 Å². The molecule has 0 spiro atoms. The van der Waals surface area contributed by atoms with Gasteiger partial charge in [-0.3, -0.25) is 9.59 Å². The number of hydrogen-bond acceptors (Lipinski definition) is 4. The third-order valence-corrected chi connectivity index (χ3v) is 9.18. The van der Waals surface area contributed by atoms with Crippen molar-refractivity contribution in [2.75, 3.05) is 13.1 Å². The van der Waals surface area contributed by atoms with Crippen molar-refractivity contribution in [2.24, 2.45) is 29.1 Å². The van der Waals surface area contributed by atoms with Crippen molar-refractivity contribution in [1.82, 2.24) is 10.2 Å². The molecule has 1 aromatic rings. The summed E-state index contributed by atoms with van der Waals surface area (Å²) in [6, 6.07) is 8.74. The molecule has 0 aromatic heterocycles. The second kappa shape index (κ2) is 10.1. The lowest BCUT2D eigenvalue weighted by molar-refractivity contribution is -0.150. The third kappa shape index (κ3) is 4.73. The van der Waals surface area contributed by atoms with Gasteiger partial charge in [0.05, 0.1) is 17.7 Å². The standard InChI is InChI=1S/C28H39N3O3/c1-18(27(34)31-15-5-4-6-16-31)22-11-13-28(3)14-12-23(19(2)24(28)25(22)32)30-26(33)21-9-7-20(17-29)8-10-21/h7-10,18-19,22-25,32H,4-6,11-16H2,1-3H3,(H,30,33). The predicted molar refractivity (Wildman–Crippen MR) is 131 cm³/mol. The average molecular weight is 466 g/mol. The first-order valence-corrected chi connectivity index (χ1v) is 13.0. The Kier molecular flexibility index (Phi) is 7.33. The van der Waals surface area contributed by atoms with E-state index in [0.29, 0.717) is 11.1 Å². The number of aliphatic hydroxyl groups is 1. The fraction of sp³-hybridized carbons (Fsp3) is 0.679. The minimum atomic E-state index is -0.549. The van der Waals surface area contributed by atoms with Crippen LogP contribution in [0, 0.1) is 40.4 Å². The van der Waals surface area contributed by atoms with E-state index in [9.17, 15) is 14.7 Å². The molecule has 2 N–H and O–H groups in total. The fourth-order valence-corrected chi connectivity index (χ4v) is 7.03. The highest BCUT2D eigenvalue weighted by Gasteiger charge is 2.54. The summed E-state index contributed by atoms with van der Waals surface area (Å²) in [4.78, 5) is 28.1. The van der Waals surface area contributed by atoms with Crippen LogP contribution in [-0.4, -0.2) is 47.1 Å². The van der Waals surface area contributed by atoms with Crippen molar-refractivity contribution in [1.29, 1.82) is 5.26 Å². The lowest BCUT2D eigenvalue weighted by atomic mass is 9.51. The summed E-state index contributed by atoms with van der Waals surface area (Å²) in [6.45, 7) is 8.11. The van der Waals surface area contributed by atoms with E-state index in [-0.39, 0.29) is 46.9 Å². The predicted octanol–water partition coefficient (Wildman–Crippen LogP) is 4.13. The second-order valence-corrected chi connectivity index (χ2v) is 11.2. The molecule has 0 radical (unpaired) electrons. The number of fused-ring (bicyclic) bond motifs is 1. The molecular formula is C28H39N3O3. The van der Waals surface area contributed by atoms with Gasteiger partial charge in [-0.1, -0.05) is 20.8 Å². The van der Waals surface area contributed by atoms with Crippen LogP contribution in [0.15, 0.2) is 24.3 Å². The molecule has 6 heteroatoms. The Morgan fingerprint density at radius 1 is 1.15 bits per heavy atom. The Labute approximate surface area is 203 Å². The van der Waals surface area contributed by atoms with Crippen molar-refractivity contribution in [3.8, 4) is 6.07 Å². The smallest absolute Gasteiger partial charge is 0.251 e. The zero-order chi connectivity index (χ0) is 24.5. The van der Waals surface area contributed by atoms with Crippen LogP contribution in [0.2, 0.25) is 0 Å². The van der Waals surface area contributed by atoms with Gasteiger partial charge in [0.1, 0.15) is 0 Å². The topological polar surface area (TPSA) is 93.4 Å². The molecule has 1 heterocycles. The normalized spacial score (nSPS) is 34.4. The van der Waals surface area contributed by atoms with E-state index in [1.54, 1.807) is 24.3 Å². The highest BCUT2D eigenvalue weighted by atomic mass is 16.3. The number of aliphatic hydroxyl groups excluding tert-OH is 1. The van der Waals surface area contributed by atoms with E-state index in [0.717, 1.165) is 51.6 Å². The highest BCUT2D eigenvalue weighted by Crippen LogP contribution is 2.55. The second-order valence-electron chi connectivity index (χ2n) is 11.2. The maximum Gasteiger partial charge on any atom is 0.251 e. The van der Waals surface area contributed by atoms with E-state index >= 15 is 0 Å². The Morgan fingerprint density at radius 3 is 2.44 bits per heavy atom. The van der Waals surface area contributed by atoms with Gasteiger partial charge in [-0.25, -0.2) is 0 Å². The Hall–Kier alpha value is -2.39. The molecule has 1 aliphatic heterocycles. The van der Waals surface area contributed by atoms with Gasteiger partial charge in [-0.15, -0.1) is 0 Å². The van der Waals surface area contributed by atoms with Crippen molar-refractivity contribution in [3.05, 3.63) is 35.4 Å². The van der Waals surface area contributed by atoms with Crippen molar-refractivity contribution in [2.45, 2.75) is 77.9 Å². The summed E-state index contributed by atoms with van der Waals surface area (Å²) in [5.41, 5.74) is 1.10. The van der Waals surface area contributed by atoms with Crippen LogP contribution in [0.25, 0.3) is 0 Å². The van der Waals surface area contributed by atoms with Gasteiger partial charge in [0.2, 0.25) is 5.91 Å². The molecule has 2 aliphatic carbocycles. The number of nitrogens with zero attached hydrogens (tertiary/aromatic N) is 2. The van der Waals surface area contributed by atoms with Crippen LogP contribution < -0.4 is 5.32 Å². The number of likely N-dealkylation sites (tertiary alicyclic amines) is 1. The van der Waals surface area contributed by atoms with Crippen LogP contribution in [0.4, 0.5) is 0 Å². The van der Waals surface area contributed by atoms with Gasteiger partial charge in [-0.05, 0) is 92.4 Å². The van der Waals surface area contributed by atoms with Gasteiger partial charge in [-0.2, -0.15) is 5.26 Å². The van der Waals surface area contributed by atoms with Gasteiger partial charge in [0, 0.05) is 30.6 Å². The Morgan fingerprint density at radius 2 is 1.79 bits per heavy atom. The lowest BCUT2D eigenvalue weighted by Crippen LogP contribution is -2.58. The Balaban J connectivity index is 1.46. The summed E-state index contributed by atoms with van der Waals surface area (Å²) >= 11 is 0. The molecule has 2 amide bonds. The van der Waals surface area contributed by atoms with Crippen LogP contribution >= 0.6 is 0 Å². The molecule has 1 saturated heterocycles. The largest absolute Gasteiger partial charge is 0.392 e. The molecule has 3 aliphatic rings. The van der Waals surface area contributed by atoms with E-state index in [4.69, 9.17) is 5.26 Å². The molecular weight excluding hydrogens is 426 g/mol. The summed E-state index contributed by atoms with van der Waals surface area (Å²) in [7, 11) is 0. The SMILES string of the molecule is CC(C(=O)N1CCCCC1)C1CCC2(C)CCC(NC(=O)c3ccc(C#N)cc3)C(C)C2C1O. The summed E-state index contributed by atoms with van der Waals surface area (Å²) in [5, 5.41) is 23.8. The molecule has 3 fully saturated rings. The lowest BCUT2D eigenvalue weighted by Gasteiger charge is -2.56. The first kappa shape index (κ1) is 24.7. The van der Waals surface area contributed by atoms with E-state index in [1.807, 2.05) is 11.8 Å². The van der Waals surface area contributed by atoms with Gasteiger partial charge in [0.15, 0.2) is 0 Å². The summed E-state index contributed by atoms with van der Waals surface area (Å²) < 4.78 is 0. The minimum Gasteiger partial charge on any atom is -0.392 e.